The van der Waals surface area contributed by atoms with Crippen LogP contribution in [0.15, 0.2) is 41.8 Å². The molecule has 0 fully saturated rings. The molecule has 5 nitrogen and oxygen atoms in total. The van der Waals surface area contributed by atoms with Crippen LogP contribution >= 0.6 is 11.3 Å². The fraction of sp³-hybridized carbons (Fsp3) is 0.143. The molecule has 20 heavy (non-hydrogen) atoms. The summed E-state index contributed by atoms with van der Waals surface area (Å²) < 4.78 is 6.95. The van der Waals surface area contributed by atoms with Gasteiger partial charge in [-0.3, -0.25) is 0 Å². The third kappa shape index (κ3) is 2.19. The maximum absolute atomic E-state index is 9.44. The first-order chi connectivity index (χ1) is 9.83. The van der Waals surface area contributed by atoms with Gasteiger partial charge in [0.25, 0.3) is 0 Å². The highest BCUT2D eigenvalue weighted by Crippen LogP contribution is 2.29. The Morgan fingerprint density at radius 2 is 2.20 bits per heavy atom. The molecule has 2 heterocycles. The lowest BCUT2D eigenvalue weighted by atomic mass is 10.2. The van der Waals surface area contributed by atoms with E-state index >= 15 is 0 Å². The number of benzene rings is 1. The molecule has 3 rings (SSSR count). The molecule has 102 valence electrons. The molecule has 0 bridgehead atoms. The van der Waals surface area contributed by atoms with Gasteiger partial charge in [0.05, 0.1) is 24.3 Å². The average molecular weight is 287 g/mol. The lowest BCUT2D eigenvalue weighted by Gasteiger charge is -2.07. The van der Waals surface area contributed by atoms with Crippen molar-refractivity contribution in [3.63, 3.8) is 0 Å². The molecule has 3 aromatic rings. The Hall–Kier alpha value is -2.18. The fourth-order valence-corrected chi connectivity index (χ4v) is 2.78. The van der Waals surface area contributed by atoms with Gasteiger partial charge in [0.15, 0.2) is 0 Å². The summed E-state index contributed by atoms with van der Waals surface area (Å²) in [5, 5.41) is 19.6. The highest BCUT2D eigenvalue weighted by molar-refractivity contribution is 7.13. The largest absolute Gasteiger partial charge is 0.497 e. The van der Waals surface area contributed by atoms with Crippen molar-refractivity contribution in [2.75, 3.05) is 7.11 Å². The van der Waals surface area contributed by atoms with Gasteiger partial charge < -0.3 is 9.84 Å². The van der Waals surface area contributed by atoms with E-state index in [-0.39, 0.29) is 6.61 Å². The monoisotopic (exact) mass is 287 g/mol. The first-order valence-electron chi connectivity index (χ1n) is 6.07. The van der Waals surface area contributed by atoms with E-state index in [0.29, 0.717) is 5.69 Å². The Morgan fingerprint density at radius 3 is 2.90 bits per heavy atom. The van der Waals surface area contributed by atoms with E-state index in [1.807, 2.05) is 41.8 Å². The molecule has 0 atom stereocenters. The Kier molecular flexibility index (Phi) is 3.49. The van der Waals surface area contributed by atoms with Crippen molar-refractivity contribution in [3.8, 4) is 22.0 Å². The summed E-state index contributed by atoms with van der Waals surface area (Å²) in [5.41, 5.74) is 2.23. The van der Waals surface area contributed by atoms with E-state index in [4.69, 9.17) is 4.74 Å². The second-order valence-corrected chi connectivity index (χ2v) is 5.08. The zero-order valence-electron chi connectivity index (χ0n) is 10.9. The Morgan fingerprint density at radius 1 is 1.30 bits per heavy atom. The molecule has 1 aromatic carbocycles. The fourth-order valence-electron chi connectivity index (χ4n) is 2.00. The Balaban J connectivity index is 2.16. The average Bonchev–Trinajstić information content (AvgIpc) is 3.15. The number of aliphatic hydroxyl groups is 1. The zero-order valence-corrected chi connectivity index (χ0v) is 11.7. The zero-order chi connectivity index (χ0) is 13.9. The second kappa shape index (κ2) is 5.44. The summed E-state index contributed by atoms with van der Waals surface area (Å²) in [7, 11) is 1.62. The van der Waals surface area contributed by atoms with Crippen LogP contribution in [0.2, 0.25) is 0 Å². The molecule has 0 saturated carbocycles. The van der Waals surface area contributed by atoms with Crippen LogP contribution in [0.25, 0.3) is 16.3 Å². The van der Waals surface area contributed by atoms with Gasteiger partial charge in [-0.15, -0.1) is 16.4 Å². The number of thiophene rings is 1. The maximum atomic E-state index is 9.44. The summed E-state index contributed by atoms with van der Waals surface area (Å²) in [6.45, 7) is -0.142. The summed E-state index contributed by atoms with van der Waals surface area (Å²) in [5.74, 6) is 0.751. The maximum Gasteiger partial charge on any atom is 0.121 e. The van der Waals surface area contributed by atoms with Crippen LogP contribution in [0.5, 0.6) is 5.75 Å². The van der Waals surface area contributed by atoms with Gasteiger partial charge in [-0.2, -0.15) is 0 Å². The van der Waals surface area contributed by atoms with Gasteiger partial charge in [-0.05, 0) is 23.6 Å². The van der Waals surface area contributed by atoms with Crippen molar-refractivity contribution in [2.45, 2.75) is 6.61 Å². The Bertz CT molecular complexity index is 707. The normalized spacial score (nSPS) is 10.7. The van der Waals surface area contributed by atoms with Crippen LogP contribution < -0.4 is 4.74 Å². The minimum atomic E-state index is -0.142. The summed E-state index contributed by atoms with van der Waals surface area (Å²) in [6, 6.07) is 11.5. The van der Waals surface area contributed by atoms with Crippen LogP contribution in [0.1, 0.15) is 5.69 Å². The SMILES string of the molecule is COc1cccc(-n2nnc(CO)c2-c2cccs2)c1. The smallest absolute Gasteiger partial charge is 0.121 e. The van der Waals surface area contributed by atoms with E-state index in [0.717, 1.165) is 22.0 Å². The third-order valence-corrected chi connectivity index (χ3v) is 3.82. The second-order valence-electron chi connectivity index (χ2n) is 4.13. The molecular formula is C14H13N3O2S. The molecule has 0 aliphatic heterocycles. The van der Waals surface area contributed by atoms with E-state index < -0.39 is 0 Å². The van der Waals surface area contributed by atoms with Crippen LogP contribution in [0.3, 0.4) is 0 Å². The molecular weight excluding hydrogens is 274 g/mol. The van der Waals surface area contributed by atoms with E-state index in [2.05, 4.69) is 10.3 Å². The van der Waals surface area contributed by atoms with Crippen molar-refractivity contribution in [1.82, 2.24) is 15.0 Å². The topological polar surface area (TPSA) is 60.2 Å². The van der Waals surface area contributed by atoms with E-state index in [9.17, 15) is 5.11 Å². The number of rotatable bonds is 4. The minimum Gasteiger partial charge on any atom is -0.497 e. The number of hydrogen-bond acceptors (Lipinski definition) is 5. The first-order valence-corrected chi connectivity index (χ1v) is 6.95. The van der Waals surface area contributed by atoms with Crippen LogP contribution in [-0.2, 0) is 6.61 Å². The van der Waals surface area contributed by atoms with Gasteiger partial charge in [0, 0.05) is 6.07 Å². The number of ether oxygens (including phenoxy) is 1. The summed E-state index contributed by atoms with van der Waals surface area (Å²) in [6.07, 6.45) is 0. The number of hydrogen-bond donors (Lipinski definition) is 1. The predicted molar refractivity (Wildman–Crippen MR) is 77.1 cm³/mol. The van der Waals surface area contributed by atoms with Crippen LogP contribution in [-0.4, -0.2) is 27.2 Å². The molecule has 6 heteroatoms. The van der Waals surface area contributed by atoms with Gasteiger partial charge in [0.2, 0.25) is 0 Å². The van der Waals surface area contributed by atoms with Crippen molar-refractivity contribution in [2.24, 2.45) is 0 Å². The minimum absolute atomic E-state index is 0.142. The van der Waals surface area contributed by atoms with Crippen molar-refractivity contribution in [3.05, 3.63) is 47.5 Å². The molecule has 0 aliphatic carbocycles. The standard InChI is InChI=1S/C14H13N3O2S/c1-19-11-5-2-4-10(8-11)17-14(12(9-18)15-16-17)13-6-3-7-20-13/h2-8,18H,9H2,1H3. The third-order valence-electron chi connectivity index (χ3n) is 2.94. The van der Waals surface area contributed by atoms with Gasteiger partial charge in [-0.1, -0.05) is 17.3 Å². The van der Waals surface area contributed by atoms with Crippen LogP contribution in [0, 0.1) is 0 Å². The van der Waals surface area contributed by atoms with Crippen LogP contribution in [0.4, 0.5) is 0 Å². The molecule has 0 aliphatic rings. The number of methoxy groups -OCH3 is 1. The quantitative estimate of drug-likeness (QED) is 0.801. The predicted octanol–water partition coefficient (Wildman–Crippen LogP) is 2.50. The van der Waals surface area contributed by atoms with Gasteiger partial charge in [-0.25, -0.2) is 4.68 Å². The highest BCUT2D eigenvalue weighted by atomic mass is 32.1. The van der Waals surface area contributed by atoms with Gasteiger partial charge >= 0.3 is 0 Å². The molecule has 2 aromatic heterocycles. The number of aliphatic hydroxyl groups excluding tert-OH is 1. The number of nitrogens with zero attached hydrogens (tertiary/aromatic N) is 3. The molecule has 0 unspecified atom stereocenters. The van der Waals surface area contributed by atoms with Crippen molar-refractivity contribution in [1.29, 1.82) is 0 Å². The Labute approximate surface area is 120 Å². The van der Waals surface area contributed by atoms with Crippen molar-refractivity contribution >= 4 is 11.3 Å². The van der Waals surface area contributed by atoms with Crippen molar-refractivity contribution < 1.29 is 9.84 Å². The van der Waals surface area contributed by atoms with E-state index in [1.165, 1.54) is 0 Å². The first kappa shape index (κ1) is 12.8. The molecule has 0 saturated heterocycles. The number of aromatic nitrogens is 3. The highest BCUT2D eigenvalue weighted by Gasteiger charge is 2.16. The lowest BCUT2D eigenvalue weighted by Crippen LogP contribution is -1.99. The summed E-state index contributed by atoms with van der Waals surface area (Å²) >= 11 is 1.59. The van der Waals surface area contributed by atoms with Gasteiger partial charge in [0.1, 0.15) is 17.1 Å². The van der Waals surface area contributed by atoms with E-state index in [1.54, 1.807) is 23.1 Å². The summed E-state index contributed by atoms with van der Waals surface area (Å²) in [4.78, 5) is 1.02. The molecule has 0 spiro atoms. The molecule has 1 N–H and O–H groups in total. The molecule has 0 amide bonds. The lowest BCUT2D eigenvalue weighted by molar-refractivity contribution is 0.277. The molecule has 0 radical (unpaired) electrons.